The van der Waals surface area contributed by atoms with Crippen LogP contribution >= 0.6 is 0 Å². The SMILES string of the molecule is CCNC(=NCc1cccc(OC(F)F)c1)N1CCN(C(=O)c2ccco2)CC1. The van der Waals surface area contributed by atoms with Crippen molar-refractivity contribution in [3.63, 3.8) is 0 Å². The van der Waals surface area contributed by atoms with Crippen LogP contribution in [0, 0.1) is 0 Å². The number of alkyl halides is 2. The molecule has 1 aliphatic rings. The monoisotopic (exact) mass is 406 g/mol. The number of amides is 1. The molecule has 1 saturated heterocycles. The van der Waals surface area contributed by atoms with Crippen molar-refractivity contribution < 1.29 is 22.7 Å². The Morgan fingerprint density at radius 3 is 2.62 bits per heavy atom. The molecular formula is C20H24F2N4O3. The van der Waals surface area contributed by atoms with E-state index < -0.39 is 6.61 Å². The zero-order valence-electron chi connectivity index (χ0n) is 16.2. The van der Waals surface area contributed by atoms with Crippen LogP contribution in [0.15, 0.2) is 52.1 Å². The Kier molecular flexibility index (Phi) is 7.04. The van der Waals surface area contributed by atoms with Gasteiger partial charge in [0.1, 0.15) is 5.75 Å². The summed E-state index contributed by atoms with van der Waals surface area (Å²) in [7, 11) is 0. The number of ether oxygens (including phenoxy) is 1. The van der Waals surface area contributed by atoms with E-state index in [0.717, 1.165) is 11.5 Å². The molecular weight excluding hydrogens is 382 g/mol. The van der Waals surface area contributed by atoms with Crippen molar-refractivity contribution in [1.82, 2.24) is 15.1 Å². The maximum absolute atomic E-state index is 12.4. The van der Waals surface area contributed by atoms with E-state index in [0.29, 0.717) is 45.0 Å². The third-order valence-electron chi connectivity index (χ3n) is 4.47. The van der Waals surface area contributed by atoms with E-state index in [1.807, 2.05) is 13.0 Å². The van der Waals surface area contributed by atoms with Gasteiger partial charge in [-0.15, -0.1) is 0 Å². The molecule has 2 aromatic rings. The second-order valence-corrected chi connectivity index (χ2v) is 6.45. The number of furan rings is 1. The summed E-state index contributed by atoms with van der Waals surface area (Å²) < 4.78 is 34.4. The van der Waals surface area contributed by atoms with Crippen LogP contribution in [-0.2, 0) is 6.54 Å². The van der Waals surface area contributed by atoms with E-state index in [4.69, 9.17) is 4.42 Å². The van der Waals surface area contributed by atoms with Crippen molar-refractivity contribution in [3.8, 4) is 5.75 Å². The van der Waals surface area contributed by atoms with E-state index in [2.05, 4.69) is 19.9 Å². The first-order valence-corrected chi connectivity index (χ1v) is 9.46. The second-order valence-electron chi connectivity index (χ2n) is 6.45. The molecule has 0 saturated carbocycles. The highest BCUT2D eigenvalue weighted by Gasteiger charge is 2.25. The summed E-state index contributed by atoms with van der Waals surface area (Å²) >= 11 is 0. The fraction of sp³-hybridized carbons (Fsp3) is 0.400. The first kappa shape index (κ1) is 20.6. The molecule has 0 radical (unpaired) electrons. The number of piperazine rings is 1. The summed E-state index contributed by atoms with van der Waals surface area (Å²) in [5.74, 6) is 1.05. The molecule has 1 aliphatic heterocycles. The first-order chi connectivity index (χ1) is 14.1. The van der Waals surface area contributed by atoms with Gasteiger partial charge in [0.15, 0.2) is 11.7 Å². The van der Waals surface area contributed by atoms with Gasteiger partial charge in [0.05, 0.1) is 12.8 Å². The number of carbonyl (C=O) groups excluding carboxylic acids is 1. The van der Waals surface area contributed by atoms with Gasteiger partial charge >= 0.3 is 6.61 Å². The lowest BCUT2D eigenvalue weighted by Crippen LogP contribution is -2.53. The lowest BCUT2D eigenvalue weighted by molar-refractivity contribution is -0.0498. The molecule has 0 atom stereocenters. The van der Waals surface area contributed by atoms with E-state index >= 15 is 0 Å². The molecule has 1 N–H and O–H groups in total. The zero-order valence-corrected chi connectivity index (χ0v) is 16.2. The number of hydrogen-bond acceptors (Lipinski definition) is 4. The molecule has 156 valence electrons. The average Bonchev–Trinajstić information content (AvgIpc) is 3.25. The molecule has 3 rings (SSSR count). The maximum atomic E-state index is 12.4. The molecule has 7 nitrogen and oxygen atoms in total. The van der Waals surface area contributed by atoms with Crippen LogP contribution in [-0.4, -0.2) is 61.0 Å². The number of nitrogens with one attached hydrogen (secondary N) is 1. The fourth-order valence-corrected chi connectivity index (χ4v) is 3.09. The summed E-state index contributed by atoms with van der Waals surface area (Å²) in [5, 5.41) is 3.24. The summed E-state index contributed by atoms with van der Waals surface area (Å²) in [4.78, 5) is 20.8. The highest BCUT2D eigenvalue weighted by atomic mass is 19.3. The molecule has 1 fully saturated rings. The van der Waals surface area contributed by atoms with Gasteiger partial charge in [-0.2, -0.15) is 8.78 Å². The van der Waals surface area contributed by atoms with Crippen LogP contribution in [0.2, 0.25) is 0 Å². The molecule has 1 amide bonds. The van der Waals surface area contributed by atoms with E-state index in [1.54, 1.807) is 29.2 Å². The number of nitrogens with zero attached hydrogens (tertiary/aromatic N) is 3. The summed E-state index contributed by atoms with van der Waals surface area (Å²) in [6.07, 6.45) is 1.49. The minimum absolute atomic E-state index is 0.114. The third kappa shape index (κ3) is 5.69. The minimum Gasteiger partial charge on any atom is -0.459 e. The van der Waals surface area contributed by atoms with Crippen molar-refractivity contribution >= 4 is 11.9 Å². The molecule has 0 unspecified atom stereocenters. The predicted octanol–water partition coefficient (Wildman–Crippen LogP) is 2.80. The number of aliphatic imine (C=N–C) groups is 1. The first-order valence-electron chi connectivity index (χ1n) is 9.46. The van der Waals surface area contributed by atoms with Crippen LogP contribution in [0.1, 0.15) is 23.0 Å². The quantitative estimate of drug-likeness (QED) is 0.590. The number of guanidine groups is 1. The number of carbonyl (C=O) groups is 1. The molecule has 0 bridgehead atoms. The van der Waals surface area contributed by atoms with Crippen LogP contribution in [0.5, 0.6) is 5.75 Å². The predicted molar refractivity (Wildman–Crippen MR) is 104 cm³/mol. The summed E-state index contributed by atoms with van der Waals surface area (Å²) in [6, 6.07) is 9.87. The van der Waals surface area contributed by atoms with Crippen molar-refractivity contribution in [2.75, 3.05) is 32.7 Å². The van der Waals surface area contributed by atoms with Gasteiger partial charge in [-0.05, 0) is 36.8 Å². The van der Waals surface area contributed by atoms with Crippen molar-refractivity contribution in [2.45, 2.75) is 20.1 Å². The number of rotatable bonds is 6. The number of halogens is 2. The zero-order chi connectivity index (χ0) is 20.6. The molecule has 0 spiro atoms. The molecule has 1 aromatic heterocycles. The number of hydrogen-bond donors (Lipinski definition) is 1. The van der Waals surface area contributed by atoms with Gasteiger partial charge in [0, 0.05) is 32.7 Å². The van der Waals surface area contributed by atoms with Crippen LogP contribution in [0.3, 0.4) is 0 Å². The Morgan fingerprint density at radius 2 is 1.97 bits per heavy atom. The van der Waals surface area contributed by atoms with Crippen LogP contribution in [0.4, 0.5) is 8.78 Å². The summed E-state index contributed by atoms with van der Waals surface area (Å²) in [5.41, 5.74) is 0.769. The normalized spacial score (nSPS) is 15.0. The van der Waals surface area contributed by atoms with Gasteiger partial charge < -0.3 is 24.3 Å². The molecule has 0 aliphatic carbocycles. The Morgan fingerprint density at radius 1 is 1.21 bits per heavy atom. The third-order valence-corrected chi connectivity index (χ3v) is 4.47. The highest BCUT2D eigenvalue weighted by molar-refractivity contribution is 5.91. The van der Waals surface area contributed by atoms with Gasteiger partial charge in [0.25, 0.3) is 5.91 Å². The smallest absolute Gasteiger partial charge is 0.387 e. The lowest BCUT2D eigenvalue weighted by Gasteiger charge is -2.36. The lowest BCUT2D eigenvalue weighted by atomic mass is 10.2. The molecule has 9 heteroatoms. The Balaban J connectivity index is 1.60. The maximum Gasteiger partial charge on any atom is 0.387 e. The fourth-order valence-electron chi connectivity index (χ4n) is 3.09. The van der Waals surface area contributed by atoms with Crippen molar-refractivity contribution in [1.29, 1.82) is 0 Å². The van der Waals surface area contributed by atoms with Crippen molar-refractivity contribution in [3.05, 3.63) is 54.0 Å². The van der Waals surface area contributed by atoms with Crippen LogP contribution < -0.4 is 10.1 Å². The Labute approximate surface area is 167 Å². The molecule has 2 heterocycles. The number of benzene rings is 1. The van der Waals surface area contributed by atoms with Gasteiger partial charge in [0.2, 0.25) is 0 Å². The van der Waals surface area contributed by atoms with Gasteiger partial charge in [-0.25, -0.2) is 4.99 Å². The minimum atomic E-state index is -2.86. The van der Waals surface area contributed by atoms with Gasteiger partial charge in [-0.3, -0.25) is 4.79 Å². The van der Waals surface area contributed by atoms with Gasteiger partial charge in [-0.1, -0.05) is 12.1 Å². The Hall–Kier alpha value is -3.10. The highest BCUT2D eigenvalue weighted by Crippen LogP contribution is 2.17. The summed E-state index contributed by atoms with van der Waals surface area (Å²) in [6.45, 7) is 2.52. The van der Waals surface area contributed by atoms with Crippen LogP contribution in [0.25, 0.3) is 0 Å². The van der Waals surface area contributed by atoms with E-state index in [1.165, 1.54) is 12.3 Å². The van der Waals surface area contributed by atoms with E-state index in [-0.39, 0.29) is 11.7 Å². The Bertz CT molecular complexity index is 819. The molecule has 1 aromatic carbocycles. The molecule has 29 heavy (non-hydrogen) atoms. The second kappa shape index (κ2) is 9.90. The average molecular weight is 406 g/mol. The standard InChI is InChI=1S/C20H24F2N4O3/c1-2-23-20(24-14-15-5-3-6-16(13-15)29-19(21)22)26-10-8-25(9-11-26)18(27)17-7-4-12-28-17/h3-7,12-13,19H,2,8-11,14H2,1H3,(H,23,24). The largest absolute Gasteiger partial charge is 0.459 e. The van der Waals surface area contributed by atoms with E-state index in [9.17, 15) is 13.6 Å². The topological polar surface area (TPSA) is 70.3 Å². The van der Waals surface area contributed by atoms with Crippen molar-refractivity contribution in [2.24, 2.45) is 4.99 Å².